The summed E-state index contributed by atoms with van der Waals surface area (Å²) in [5, 5.41) is 7.72. The van der Waals surface area contributed by atoms with E-state index in [1.807, 2.05) is 116 Å². The first-order valence-electron chi connectivity index (χ1n) is 9.72. The molecular weight excluding hydrogens is 324 g/mol. The second kappa shape index (κ2) is 30.6. The Morgan fingerprint density at radius 2 is 0.923 bits per heavy atom. The average molecular weight is 365 g/mol. The fraction of sp³-hybridized carbons (Fsp3) is 0.435. The fourth-order valence-electron chi connectivity index (χ4n) is 1.11. The highest BCUT2D eigenvalue weighted by Crippen LogP contribution is 2.19. The minimum absolute atomic E-state index is 0.222. The van der Waals surface area contributed by atoms with Gasteiger partial charge < -0.3 is 9.84 Å². The van der Waals surface area contributed by atoms with Crippen LogP contribution in [0.4, 0.5) is 0 Å². The maximum atomic E-state index is 9.37. The zero-order chi connectivity index (χ0) is 21.2. The van der Waals surface area contributed by atoms with Gasteiger partial charge in [0.1, 0.15) is 11.5 Å². The van der Waals surface area contributed by atoms with Crippen molar-refractivity contribution >= 4 is 5.97 Å². The maximum Gasteiger partial charge on any atom is 0.303 e. The number of aliphatic carboxylic acids is 1. The van der Waals surface area contributed by atoms with Gasteiger partial charge in [-0.3, -0.25) is 4.79 Å². The summed E-state index contributed by atoms with van der Waals surface area (Å²) >= 11 is 0. The summed E-state index contributed by atoms with van der Waals surface area (Å²) in [6, 6.07) is 19.5. The minimum atomic E-state index is -0.745. The van der Waals surface area contributed by atoms with Crippen molar-refractivity contribution in [2.45, 2.75) is 68.7 Å². The number of rotatable bonds is 3. The van der Waals surface area contributed by atoms with E-state index in [0.717, 1.165) is 11.5 Å². The van der Waals surface area contributed by atoms with Crippen molar-refractivity contribution in [3.63, 3.8) is 0 Å². The van der Waals surface area contributed by atoms with Crippen LogP contribution in [0.25, 0.3) is 0 Å². The molecule has 0 saturated heterocycles. The molecule has 0 aliphatic carbocycles. The molecule has 0 atom stereocenters. The number of hydrogen-bond acceptors (Lipinski definition) is 2. The summed E-state index contributed by atoms with van der Waals surface area (Å²) in [5.74, 6) is 0.993. The Labute approximate surface area is 162 Å². The normalized spacial score (nSPS) is 7.12. The van der Waals surface area contributed by atoms with Gasteiger partial charge in [0, 0.05) is 6.42 Å². The topological polar surface area (TPSA) is 46.5 Å². The third-order valence-electron chi connectivity index (χ3n) is 2.02. The van der Waals surface area contributed by atoms with Crippen LogP contribution in [0, 0.1) is 0 Å². The quantitative estimate of drug-likeness (QED) is 0.599. The molecule has 1 N–H and O–H groups in total. The van der Waals surface area contributed by atoms with Gasteiger partial charge >= 0.3 is 5.97 Å². The van der Waals surface area contributed by atoms with Gasteiger partial charge in [0.2, 0.25) is 0 Å². The van der Waals surface area contributed by atoms with Gasteiger partial charge in [-0.1, -0.05) is 98.7 Å². The van der Waals surface area contributed by atoms with Crippen molar-refractivity contribution in [2.75, 3.05) is 0 Å². The van der Waals surface area contributed by atoms with Crippen molar-refractivity contribution in [1.82, 2.24) is 0 Å². The van der Waals surface area contributed by atoms with E-state index in [1.54, 1.807) is 6.92 Å². The maximum absolute atomic E-state index is 9.37. The SMILES string of the molecule is CC.CC.CC.CC.CCC(=O)O.c1ccc(Oc2ccccc2)cc1. The third kappa shape index (κ3) is 24.0. The van der Waals surface area contributed by atoms with Gasteiger partial charge in [0.25, 0.3) is 0 Å². The summed E-state index contributed by atoms with van der Waals surface area (Å²) < 4.78 is 5.58. The molecule has 0 amide bonds. The van der Waals surface area contributed by atoms with Crippen LogP contribution in [0.3, 0.4) is 0 Å². The van der Waals surface area contributed by atoms with Crippen molar-refractivity contribution in [3.05, 3.63) is 60.7 Å². The Morgan fingerprint density at radius 3 is 1.12 bits per heavy atom. The number of carbonyl (C=O) groups is 1. The van der Waals surface area contributed by atoms with Gasteiger partial charge in [-0.05, 0) is 24.3 Å². The summed E-state index contributed by atoms with van der Waals surface area (Å²) in [5.41, 5.74) is 0. The number of benzene rings is 2. The molecule has 0 aliphatic rings. The zero-order valence-electron chi connectivity index (χ0n) is 18.2. The molecule has 0 aliphatic heterocycles. The molecule has 2 aromatic rings. The van der Waals surface area contributed by atoms with Crippen LogP contribution in [-0.2, 0) is 4.79 Å². The Kier molecular flexibility index (Phi) is 37.0. The Morgan fingerprint density at radius 1 is 0.692 bits per heavy atom. The van der Waals surface area contributed by atoms with Crippen LogP contribution in [-0.4, -0.2) is 11.1 Å². The molecule has 0 radical (unpaired) electrons. The molecule has 2 rings (SSSR count). The van der Waals surface area contributed by atoms with Crippen molar-refractivity contribution < 1.29 is 14.6 Å². The van der Waals surface area contributed by atoms with Crippen molar-refractivity contribution in [1.29, 1.82) is 0 Å². The monoisotopic (exact) mass is 364 g/mol. The lowest BCUT2D eigenvalue weighted by atomic mass is 10.3. The van der Waals surface area contributed by atoms with E-state index in [1.165, 1.54) is 0 Å². The van der Waals surface area contributed by atoms with E-state index in [0.29, 0.717) is 0 Å². The number of para-hydroxylation sites is 2. The van der Waals surface area contributed by atoms with Crippen molar-refractivity contribution in [2.24, 2.45) is 0 Å². The van der Waals surface area contributed by atoms with Gasteiger partial charge in [0.05, 0.1) is 0 Å². The first-order valence-corrected chi connectivity index (χ1v) is 9.72. The van der Waals surface area contributed by atoms with Crippen LogP contribution >= 0.6 is 0 Å². The minimum Gasteiger partial charge on any atom is -0.481 e. The molecular formula is C23H40O3. The molecule has 0 saturated carbocycles. The standard InChI is InChI=1S/C12H10O.C3H6O2.4C2H6/c1-3-7-11(8-4-1)13-12-9-5-2-6-10-12;1-2-3(4)5;4*1-2/h1-10H;2H2,1H3,(H,4,5);4*1-2H3. The van der Waals surface area contributed by atoms with Gasteiger partial charge in [-0.2, -0.15) is 0 Å². The summed E-state index contributed by atoms with van der Waals surface area (Å²) in [6.45, 7) is 17.6. The fourth-order valence-corrected chi connectivity index (χ4v) is 1.11. The molecule has 0 aromatic heterocycles. The van der Waals surface area contributed by atoms with Crippen LogP contribution in [0.5, 0.6) is 11.5 Å². The molecule has 26 heavy (non-hydrogen) atoms. The number of carboxylic acids is 1. The summed E-state index contributed by atoms with van der Waals surface area (Å²) in [7, 11) is 0. The molecule has 150 valence electrons. The van der Waals surface area contributed by atoms with E-state index in [2.05, 4.69) is 0 Å². The predicted octanol–water partition coefficient (Wildman–Crippen LogP) is 8.06. The molecule has 0 bridgehead atoms. The Hall–Kier alpha value is -2.29. The second-order valence-corrected chi connectivity index (χ2v) is 3.48. The van der Waals surface area contributed by atoms with E-state index >= 15 is 0 Å². The largest absolute Gasteiger partial charge is 0.481 e. The van der Waals surface area contributed by atoms with E-state index in [-0.39, 0.29) is 6.42 Å². The van der Waals surface area contributed by atoms with Gasteiger partial charge in [-0.15, -0.1) is 0 Å². The second-order valence-electron chi connectivity index (χ2n) is 3.48. The van der Waals surface area contributed by atoms with Crippen LogP contribution in [0.2, 0.25) is 0 Å². The lowest BCUT2D eigenvalue weighted by Gasteiger charge is -2.03. The highest BCUT2D eigenvalue weighted by Gasteiger charge is 1.92. The lowest BCUT2D eigenvalue weighted by Crippen LogP contribution is -1.86. The smallest absolute Gasteiger partial charge is 0.303 e. The van der Waals surface area contributed by atoms with Gasteiger partial charge in [-0.25, -0.2) is 0 Å². The third-order valence-corrected chi connectivity index (χ3v) is 2.02. The first-order chi connectivity index (χ1) is 12.7. The van der Waals surface area contributed by atoms with Crippen molar-refractivity contribution in [3.8, 4) is 11.5 Å². The predicted molar refractivity (Wildman–Crippen MR) is 116 cm³/mol. The van der Waals surface area contributed by atoms with E-state index in [9.17, 15) is 4.79 Å². The van der Waals surface area contributed by atoms with Crippen LogP contribution in [0.15, 0.2) is 60.7 Å². The molecule has 3 nitrogen and oxygen atoms in total. The summed E-state index contributed by atoms with van der Waals surface area (Å²) in [6.07, 6.45) is 0.222. The number of ether oxygens (including phenoxy) is 1. The van der Waals surface area contributed by atoms with Crippen LogP contribution in [0.1, 0.15) is 68.7 Å². The molecule has 0 spiro atoms. The van der Waals surface area contributed by atoms with E-state index < -0.39 is 5.97 Å². The highest BCUT2D eigenvalue weighted by molar-refractivity contribution is 5.66. The summed E-state index contributed by atoms with van der Waals surface area (Å²) in [4.78, 5) is 9.37. The molecule has 0 unspecified atom stereocenters. The molecule has 0 fully saturated rings. The Balaban J connectivity index is -0.000000158. The first kappa shape index (κ1) is 31.5. The van der Waals surface area contributed by atoms with Gasteiger partial charge in [0.15, 0.2) is 0 Å². The van der Waals surface area contributed by atoms with E-state index in [4.69, 9.17) is 9.84 Å². The average Bonchev–Trinajstić information content (AvgIpc) is 2.76. The lowest BCUT2D eigenvalue weighted by molar-refractivity contribution is -0.136. The molecule has 3 heteroatoms. The zero-order valence-corrected chi connectivity index (χ0v) is 18.2. The van der Waals surface area contributed by atoms with Crippen LogP contribution < -0.4 is 4.74 Å². The molecule has 0 heterocycles. The Bertz CT molecular complexity index is 416. The highest BCUT2D eigenvalue weighted by atomic mass is 16.5. The number of hydrogen-bond donors (Lipinski definition) is 1. The molecule has 2 aromatic carbocycles. The number of carboxylic acid groups (broad SMARTS) is 1.